The SMILES string of the molecule is CC(Cn1cccn1)n1ccnc1NC1CCCCC1. The molecular formula is C15H23N5. The molecule has 3 rings (SSSR count). The molecule has 2 heterocycles. The minimum atomic E-state index is 0.337. The first-order valence-electron chi connectivity index (χ1n) is 7.60. The quantitative estimate of drug-likeness (QED) is 0.910. The van der Waals surface area contributed by atoms with E-state index in [4.69, 9.17) is 0 Å². The third-order valence-corrected chi connectivity index (χ3v) is 4.09. The zero-order valence-corrected chi connectivity index (χ0v) is 12.1. The van der Waals surface area contributed by atoms with Crippen LogP contribution in [0.15, 0.2) is 30.9 Å². The van der Waals surface area contributed by atoms with Gasteiger partial charge in [0.25, 0.3) is 0 Å². The average molecular weight is 273 g/mol. The van der Waals surface area contributed by atoms with E-state index in [0.29, 0.717) is 12.1 Å². The number of nitrogens with one attached hydrogen (secondary N) is 1. The average Bonchev–Trinajstić information content (AvgIpc) is 3.11. The fraction of sp³-hybridized carbons (Fsp3) is 0.600. The van der Waals surface area contributed by atoms with Crippen LogP contribution in [0, 0.1) is 0 Å². The molecule has 1 unspecified atom stereocenters. The third kappa shape index (κ3) is 3.03. The van der Waals surface area contributed by atoms with Crippen LogP contribution in [0.2, 0.25) is 0 Å². The van der Waals surface area contributed by atoms with Gasteiger partial charge in [-0.2, -0.15) is 5.10 Å². The standard InChI is InChI=1S/C15H23N5/c1-13(12-19-10-5-8-17-19)20-11-9-16-15(20)18-14-6-3-2-4-7-14/h5,8-11,13-14H,2-4,6-7,12H2,1H3,(H,16,18). The van der Waals surface area contributed by atoms with Crippen molar-refractivity contribution in [1.29, 1.82) is 0 Å². The van der Waals surface area contributed by atoms with Crippen molar-refractivity contribution < 1.29 is 0 Å². The first-order chi connectivity index (χ1) is 9.83. The number of hydrogen-bond donors (Lipinski definition) is 1. The molecule has 1 aliphatic rings. The number of rotatable bonds is 5. The molecule has 1 fully saturated rings. The molecule has 1 N–H and O–H groups in total. The molecule has 1 atom stereocenters. The van der Waals surface area contributed by atoms with Crippen molar-refractivity contribution in [3.05, 3.63) is 30.9 Å². The van der Waals surface area contributed by atoms with Gasteiger partial charge in [0.2, 0.25) is 5.95 Å². The predicted octanol–water partition coefficient (Wildman–Crippen LogP) is 3.09. The molecule has 0 aliphatic heterocycles. The molecule has 0 radical (unpaired) electrons. The van der Waals surface area contributed by atoms with Crippen LogP contribution in [-0.4, -0.2) is 25.4 Å². The van der Waals surface area contributed by atoms with E-state index in [9.17, 15) is 0 Å². The molecule has 1 saturated carbocycles. The Kier molecular flexibility index (Phi) is 4.04. The van der Waals surface area contributed by atoms with Crippen LogP contribution in [0.25, 0.3) is 0 Å². The van der Waals surface area contributed by atoms with E-state index in [1.807, 2.05) is 29.3 Å². The van der Waals surface area contributed by atoms with Crippen LogP contribution >= 0.6 is 0 Å². The highest BCUT2D eigenvalue weighted by Gasteiger charge is 2.17. The zero-order valence-electron chi connectivity index (χ0n) is 12.1. The Bertz CT molecular complexity index is 510. The molecule has 0 amide bonds. The van der Waals surface area contributed by atoms with Gasteiger partial charge in [0.15, 0.2) is 0 Å². The summed E-state index contributed by atoms with van der Waals surface area (Å²) < 4.78 is 4.19. The van der Waals surface area contributed by atoms with Crippen LogP contribution in [0.1, 0.15) is 45.1 Å². The van der Waals surface area contributed by atoms with Crippen molar-refractivity contribution >= 4 is 5.95 Å². The lowest BCUT2D eigenvalue weighted by atomic mass is 9.96. The summed E-state index contributed by atoms with van der Waals surface area (Å²) in [5.74, 6) is 0.997. The smallest absolute Gasteiger partial charge is 0.203 e. The molecule has 20 heavy (non-hydrogen) atoms. The van der Waals surface area contributed by atoms with Crippen molar-refractivity contribution in [3.63, 3.8) is 0 Å². The number of anilines is 1. The molecular weight excluding hydrogens is 250 g/mol. The topological polar surface area (TPSA) is 47.7 Å². The van der Waals surface area contributed by atoms with Crippen molar-refractivity contribution in [3.8, 4) is 0 Å². The van der Waals surface area contributed by atoms with Gasteiger partial charge in [0.1, 0.15) is 0 Å². The van der Waals surface area contributed by atoms with Gasteiger partial charge in [-0.05, 0) is 25.8 Å². The molecule has 0 aromatic carbocycles. The summed E-state index contributed by atoms with van der Waals surface area (Å²) in [7, 11) is 0. The van der Waals surface area contributed by atoms with Gasteiger partial charge in [-0.15, -0.1) is 0 Å². The summed E-state index contributed by atoms with van der Waals surface area (Å²) in [5.41, 5.74) is 0. The third-order valence-electron chi connectivity index (χ3n) is 4.09. The van der Waals surface area contributed by atoms with Crippen molar-refractivity contribution in [2.24, 2.45) is 0 Å². The van der Waals surface area contributed by atoms with E-state index in [0.717, 1.165) is 12.5 Å². The Balaban J connectivity index is 1.65. The van der Waals surface area contributed by atoms with Crippen LogP contribution < -0.4 is 5.32 Å². The first kappa shape index (κ1) is 13.2. The Morgan fingerprint density at radius 3 is 2.85 bits per heavy atom. The molecule has 0 saturated heterocycles. The van der Waals surface area contributed by atoms with Crippen molar-refractivity contribution in [2.75, 3.05) is 5.32 Å². The Morgan fingerprint density at radius 2 is 2.10 bits per heavy atom. The second-order valence-corrected chi connectivity index (χ2v) is 5.71. The molecule has 5 heteroatoms. The maximum Gasteiger partial charge on any atom is 0.203 e. The van der Waals surface area contributed by atoms with Gasteiger partial charge < -0.3 is 9.88 Å². The molecule has 2 aromatic heterocycles. The number of hydrogen-bond acceptors (Lipinski definition) is 3. The minimum Gasteiger partial charge on any atom is -0.353 e. The summed E-state index contributed by atoms with van der Waals surface area (Å²) in [5, 5.41) is 7.89. The summed E-state index contributed by atoms with van der Waals surface area (Å²) in [6.45, 7) is 3.07. The second-order valence-electron chi connectivity index (χ2n) is 5.71. The maximum atomic E-state index is 4.48. The number of nitrogens with zero attached hydrogens (tertiary/aromatic N) is 4. The normalized spacial score (nSPS) is 18.1. The monoisotopic (exact) mass is 273 g/mol. The van der Waals surface area contributed by atoms with Crippen molar-refractivity contribution in [2.45, 2.75) is 57.7 Å². The Hall–Kier alpha value is -1.78. The van der Waals surface area contributed by atoms with Crippen LogP contribution in [0.5, 0.6) is 0 Å². The molecule has 0 spiro atoms. The van der Waals surface area contributed by atoms with Gasteiger partial charge >= 0.3 is 0 Å². The van der Waals surface area contributed by atoms with E-state index < -0.39 is 0 Å². The fourth-order valence-electron chi connectivity index (χ4n) is 2.98. The van der Waals surface area contributed by atoms with E-state index in [1.165, 1.54) is 32.1 Å². The highest BCUT2D eigenvalue weighted by Crippen LogP contribution is 2.22. The molecule has 108 valence electrons. The van der Waals surface area contributed by atoms with Crippen LogP contribution in [-0.2, 0) is 6.54 Å². The van der Waals surface area contributed by atoms with Gasteiger partial charge in [-0.1, -0.05) is 19.3 Å². The maximum absolute atomic E-state index is 4.48. The van der Waals surface area contributed by atoms with Gasteiger partial charge in [0.05, 0.1) is 12.6 Å². The summed E-state index contributed by atoms with van der Waals surface area (Å²) in [4.78, 5) is 4.48. The molecule has 1 aliphatic carbocycles. The predicted molar refractivity (Wildman–Crippen MR) is 79.7 cm³/mol. The fourth-order valence-corrected chi connectivity index (χ4v) is 2.98. The van der Waals surface area contributed by atoms with Crippen LogP contribution in [0.4, 0.5) is 5.95 Å². The van der Waals surface area contributed by atoms with Gasteiger partial charge in [-0.3, -0.25) is 4.68 Å². The first-order valence-corrected chi connectivity index (χ1v) is 7.60. The molecule has 2 aromatic rings. The Labute approximate surface area is 120 Å². The van der Waals surface area contributed by atoms with E-state index in [2.05, 4.69) is 33.1 Å². The largest absolute Gasteiger partial charge is 0.353 e. The summed E-state index contributed by atoms with van der Waals surface area (Å²) in [6, 6.07) is 2.88. The summed E-state index contributed by atoms with van der Waals surface area (Å²) in [6.07, 6.45) is 14.3. The lowest BCUT2D eigenvalue weighted by molar-refractivity contribution is 0.429. The summed E-state index contributed by atoms with van der Waals surface area (Å²) >= 11 is 0. The highest BCUT2D eigenvalue weighted by atomic mass is 15.3. The second kappa shape index (κ2) is 6.11. The molecule has 0 bridgehead atoms. The van der Waals surface area contributed by atoms with Crippen LogP contribution in [0.3, 0.4) is 0 Å². The van der Waals surface area contributed by atoms with Gasteiger partial charge in [0, 0.05) is 30.8 Å². The van der Waals surface area contributed by atoms with E-state index >= 15 is 0 Å². The highest BCUT2D eigenvalue weighted by molar-refractivity contribution is 5.28. The van der Waals surface area contributed by atoms with Crippen molar-refractivity contribution in [1.82, 2.24) is 19.3 Å². The van der Waals surface area contributed by atoms with E-state index in [1.54, 1.807) is 0 Å². The molecule has 5 nitrogen and oxygen atoms in total. The van der Waals surface area contributed by atoms with E-state index in [-0.39, 0.29) is 0 Å². The van der Waals surface area contributed by atoms with Gasteiger partial charge in [-0.25, -0.2) is 4.98 Å². The Morgan fingerprint density at radius 1 is 1.25 bits per heavy atom. The lowest BCUT2D eigenvalue weighted by Gasteiger charge is -2.25. The zero-order chi connectivity index (χ0) is 13.8. The number of aromatic nitrogens is 4. The minimum absolute atomic E-state index is 0.337. The lowest BCUT2D eigenvalue weighted by Crippen LogP contribution is -2.25. The number of imidazole rings is 1.